The summed E-state index contributed by atoms with van der Waals surface area (Å²) < 4.78 is 39.9. The Labute approximate surface area is 179 Å². The Kier molecular flexibility index (Phi) is 5.08. The molecular weight excluding hydrogens is 404 g/mol. The van der Waals surface area contributed by atoms with Crippen molar-refractivity contribution in [2.75, 3.05) is 5.32 Å². The molecule has 0 heterocycles. The van der Waals surface area contributed by atoms with Gasteiger partial charge in [-0.05, 0) is 73.4 Å². The summed E-state index contributed by atoms with van der Waals surface area (Å²) in [4.78, 5) is 11.6. The highest BCUT2D eigenvalue weighted by atomic mass is 19.3. The molecule has 7 heteroatoms. The Hall–Kier alpha value is -2.67. The van der Waals surface area contributed by atoms with Crippen molar-refractivity contribution in [1.82, 2.24) is 0 Å². The molecule has 3 fully saturated rings. The van der Waals surface area contributed by atoms with E-state index in [1.54, 1.807) is 30.3 Å². The van der Waals surface area contributed by atoms with E-state index in [1.807, 2.05) is 6.07 Å². The number of rotatable bonds is 10. The van der Waals surface area contributed by atoms with Crippen LogP contribution in [0.15, 0.2) is 36.4 Å². The van der Waals surface area contributed by atoms with E-state index in [1.165, 1.54) is 0 Å². The molecular formula is C24H25F2NO4. The van der Waals surface area contributed by atoms with Crippen LogP contribution in [-0.4, -0.2) is 28.8 Å². The third kappa shape index (κ3) is 4.37. The lowest BCUT2D eigenvalue weighted by Gasteiger charge is -2.20. The molecule has 164 valence electrons. The van der Waals surface area contributed by atoms with E-state index in [9.17, 15) is 18.7 Å². The van der Waals surface area contributed by atoms with Gasteiger partial charge in [0.2, 0.25) is 0 Å². The molecule has 3 saturated carbocycles. The second kappa shape index (κ2) is 7.79. The molecule has 5 rings (SSSR count). The molecule has 0 atom stereocenters. The number of nitrogens with one attached hydrogen (secondary N) is 1. The molecule has 2 aromatic rings. The van der Waals surface area contributed by atoms with Gasteiger partial charge in [-0.15, -0.1) is 0 Å². The molecule has 5 nitrogen and oxygen atoms in total. The molecule has 3 aliphatic rings. The molecule has 0 amide bonds. The summed E-state index contributed by atoms with van der Waals surface area (Å²) >= 11 is 0. The van der Waals surface area contributed by atoms with E-state index in [0.29, 0.717) is 29.7 Å². The molecule has 0 radical (unpaired) electrons. The fourth-order valence-corrected chi connectivity index (χ4v) is 3.76. The van der Waals surface area contributed by atoms with Crippen LogP contribution in [0.1, 0.15) is 56.1 Å². The molecule has 0 aromatic heterocycles. The lowest BCUT2D eigenvalue weighted by Crippen LogP contribution is -2.31. The molecule has 2 aromatic carbocycles. The second-order valence-corrected chi connectivity index (χ2v) is 8.73. The maximum atomic E-state index is 14.1. The van der Waals surface area contributed by atoms with Gasteiger partial charge in [-0.3, -0.25) is 0 Å². The van der Waals surface area contributed by atoms with Gasteiger partial charge in [0.05, 0.1) is 24.4 Å². The summed E-state index contributed by atoms with van der Waals surface area (Å²) in [6.07, 6.45) is 2.45. The highest BCUT2D eigenvalue weighted by Gasteiger charge is 2.50. The Balaban J connectivity index is 1.52. The van der Waals surface area contributed by atoms with Gasteiger partial charge < -0.3 is 19.9 Å². The molecule has 31 heavy (non-hydrogen) atoms. The fourth-order valence-electron chi connectivity index (χ4n) is 3.76. The van der Waals surface area contributed by atoms with Gasteiger partial charge in [0.15, 0.2) is 0 Å². The Bertz CT molecular complexity index is 997. The number of ether oxygens (including phenoxy) is 2. The molecule has 0 unspecified atom stereocenters. The van der Waals surface area contributed by atoms with E-state index in [-0.39, 0.29) is 30.1 Å². The number of carbonyl (C=O) groups is 1. The molecule has 2 N–H and O–H groups in total. The van der Waals surface area contributed by atoms with Gasteiger partial charge in [-0.1, -0.05) is 18.2 Å². The van der Waals surface area contributed by atoms with Gasteiger partial charge in [0.25, 0.3) is 6.43 Å². The number of hydrogen-bond acceptors (Lipinski definition) is 4. The highest BCUT2D eigenvalue weighted by Crippen LogP contribution is 2.43. The number of halogens is 2. The minimum Gasteiger partial charge on any atom is -0.490 e. The quantitative estimate of drug-likeness (QED) is 0.519. The zero-order valence-corrected chi connectivity index (χ0v) is 17.1. The zero-order chi connectivity index (χ0) is 21.6. The number of aliphatic carboxylic acids is 1. The summed E-state index contributed by atoms with van der Waals surface area (Å²) in [5.74, 6) is -0.647. The minimum atomic E-state index is -2.68. The topological polar surface area (TPSA) is 67.8 Å². The van der Waals surface area contributed by atoms with Gasteiger partial charge in [0.1, 0.15) is 11.3 Å². The SMILES string of the molecule is O=C(O)C1(Nc2ccc(-c3cccc(OC4CC4)c3C(F)F)c(COC3CC3)c2)CC1. The molecule has 0 bridgehead atoms. The first-order valence-electron chi connectivity index (χ1n) is 10.8. The van der Waals surface area contributed by atoms with Crippen molar-refractivity contribution in [3.05, 3.63) is 47.5 Å². The first kappa shape index (κ1) is 20.2. The van der Waals surface area contributed by atoms with Crippen LogP contribution in [0.25, 0.3) is 11.1 Å². The number of hydrogen-bond donors (Lipinski definition) is 2. The maximum Gasteiger partial charge on any atom is 0.329 e. The largest absolute Gasteiger partial charge is 0.490 e. The molecule has 3 aliphatic carbocycles. The minimum absolute atomic E-state index is 0.0164. The summed E-state index contributed by atoms with van der Waals surface area (Å²) in [7, 11) is 0. The Morgan fingerprint density at radius 3 is 2.45 bits per heavy atom. The standard InChI is InChI=1S/C24H25F2NO4/c25-22(26)21-19(2-1-3-20(21)31-17-7-8-17)18-9-4-15(27-24(10-11-24)23(28)29)12-14(18)13-30-16-5-6-16/h1-4,9,12,16-17,22,27H,5-8,10-11,13H2,(H,28,29). The van der Waals surface area contributed by atoms with Crippen molar-refractivity contribution in [3.63, 3.8) is 0 Å². The normalized spacial score (nSPS) is 19.3. The predicted molar refractivity (Wildman–Crippen MR) is 112 cm³/mol. The number of carboxylic acid groups (broad SMARTS) is 1. The van der Waals surface area contributed by atoms with Crippen LogP contribution in [0.2, 0.25) is 0 Å². The summed E-state index contributed by atoms with van der Waals surface area (Å²) in [5.41, 5.74) is 1.46. The number of alkyl halides is 2. The summed E-state index contributed by atoms with van der Waals surface area (Å²) in [6.45, 7) is 0.284. The van der Waals surface area contributed by atoms with Crippen LogP contribution in [0, 0.1) is 0 Å². The van der Waals surface area contributed by atoms with E-state index in [2.05, 4.69) is 5.32 Å². The van der Waals surface area contributed by atoms with E-state index in [0.717, 1.165) is 31.2 Å². The number of carboxylic acids is 1. The van der Waals surface area contributed by atoms with E-state index in [4.69, 9.17) is 9.47 Å². The monoisotopic (exact) mass is 429 g/mol. The molecule has 0 aliphatic heterocycles. The first-order chi connectivity index (χ1) is 14.9. The fraction of sp³-hybridized carbons (Fsp3) is 0.458. The Morgan fingerprint density at radius 1 is 1.10 bits per heavy atom. The van der Waals surface area contributed by atoms with Crippen LogP contribution >= 0.6 is 0 Å². The average Bonchev–Trinajstić information content (AvgIpc) is 3.59. The Morgan fingerprint density at radius 2 is 1.84 bits per heavy atom. The smallest absolute Gasteiger partial charge is 0.329 e. The van der Waals surface area contributed by atoms with Crippen molar-refractivity contribution in [3.8, 4) is 16.9 Å². The maximum absolute atomic E-state index is 14.1. The zero-order valence-electron chi connectivity index (χ0n) is 17.1. The van der Waals surface area contributed by atoms with Crippen LogP contribution < -0.4 is 10.1 Å². The van der Waals surface area contributed by atoms with Crippen molar-refractivity contribution >= 4 is 11.7 Å². The third-order valence-corrected chi connectivity index (χ3v) is 6.04. The third-order valence-electron chi connectivity index (χ3n) is 6.04. The van der Waals surface area contributed by atoms with Crippen molar-refractivity contribution in [2.45, 2.75) is 69.3 Å². The van der Waals surface area contributed by atoms with Gasteiger partial charge in [-0.2, -0.15) is 0 Å². The number of benzene rings is 2. The molecule has 0 spiro atoms. The van der Waals surface area contributed by atoms with Crippen LogP contribution in [0.4, 0.5) is 14.5 Å². The van der Waals surface area contributed by atoms with Crippen LogP contribution in [-0.2, 0) is 16.1 Å². The average molecular weight is 429 g/mol. The lowest BCUT2D eigenvalue weighted by molar-refractivity contribution is -0.138. The summed E-state index contributed by atoms with van der Waals surface area (Å²) in [5, 5.41) is 12.6. The van der Waals surface area contributed by atoms with E-state index < -0.39 is 17.9 Å². The molecule has 0 saturated heterocycles. The number of anilines is 1. The van der Waals surface area contributed by atoms with Crippen molar-refractivity contribution < 1.29 is 28.2 Å². The van der Waals surface area contributed by atoms with Crippen molar-refractivity contribution in [1.29, 1.82) is 0 Å². The van der Waals surface area contributed by atoms with Gasteiger partial charge in [0, 0.05) is 5.69 Å². The van der Waals surface area contributed by atoms with Crippen molar-refractivity contribution in [2.24, 2.45) is 0 Å². The van der Waals surface area contributed by atoms with E-state index >= 15 is 0 Å². The summed E-state index contributed by atoms with van der Waals surface area (Å²) in [6, 6.07) is 10.4. The van der Waals surface area contributed by atoms with Gasteiger partial charge in [-0.25, -0.2) is 13.6 Å². The first-order valence-corrected chi connectivity index (χ1v) is 10.8. The second-order valence-electron chi connectivity index (χ2n) is 8.73. The lowest BCUT2D eigenvalue weighted by atomic mass is 9.94. The highest BCUT2D eigenvalue weighted by molar-refractivity contribution is 5.87. The van der Waals surface area contributed by atoms with Crippen LogP contribution in [0.5, 0.6) is 5.75 Å². The van der Waals surface area contributed by atoms with Gasteiger partial charge >= 0.3 is 5.97 Å². The van der Waals surface area contributed by atoms with Crippen LogP contribution in [0.3, 0.4) is 0 Å². The predicted octanol–water partition coefficient (Wildman–Crippen LogP) is 5.54.